The molecular formula is C23H24N2O3. The van der Waals surface area contributed by atoms with Crippen LogP contribution in [0.5, 0.6) is 5.75 Å². The van der Waals surface area contributed by atoms with Crippen LogP contribution in [0.2, 0.25) is 0 Å². The number of imide groups is 1. The van der Waals surface area contributed by atoms with Crippen molar-refractivity contribution in [2.24, 2.45) is 0 Å². The van der Waals surface area contributed by atoms with Gasteiger partial charge >= 0.3 is 0 Å². The van der Waals surface area contributed by atoms with Crippen molar-refractivity contribution in [1.82, 2.24) is 9.80 Å². The number of hydrogen-bond acceptors (Lipinski definition) is 4. The zero-order valence-electron chi connectivity index (χ0n) is 16.3. The van der Waals surface area contributed by atoms with E-state index in [-0.39, 0.29) is 11.8 Å². The van der Waals surface area contributed by atoms with Gasteiger partial charge in [0.1, 0.15) is 5.75 Å². The van der Waals surface area contributed by atoms with Crippen molar-refractivity contribution in [1.29, 1.82) is 0 Å². The molecule has 2 aromatic carbocycles. The molecular weight excluding hydrogens is 352 g/mol. The van der Waals surface area contributed by atoms with Crippen molar-refractivity contribution < 1.29 is 14.3 Å². The Labute approximate surface area is 165 Å². The molecule has 0 fully saturated rings. The van der Waals surface area contributed by atoms with Crippen LogP contribution in [0.25, 0.3) is 5.70 Å². The molecule has 0 N–H and O–H groups in total. The molecule has 0 saturated heterocycles. The molecule has 5 nitrogen and oxygen atoms in total. The summed E-state index contributed by atoms with van der Waals surface area (Å²) in [6, 6.07) is 13.2. The van der Waals surface area contributed by atoms with Crippen LogP contribution in [0, 0.1) is 0 Å². The van der Waals surface area contributed by atoms with Crippen molar-refractivity contribution >= 4 is 17.5 Å². The average Bonchev–Trinajstić information content (AvgIpc) is 2.95. The number of ether oxygens (including phenoxy) is 1. The van der Waals surface area contributed by atoms with Gasteiger partial charge in [-0.15, -0.1) is 0 Å². The summed E-state index contributed by atoms with van der Waals surface area (Å²) in [6.45, 7) is 0.827. The summed E-state index contributed by atoms with van der Waals surface area (Å²) in [5.74, 6) is 0.413. The van der Waals surface area contributed by atoms with Gasteiger partial charge in [0.2, 0.25) is 0 Å². The summed E-state index contributed by atoms with van der Waals surface area (Å²) in [5, 5.41) is 0. The Morgan fingerprint density at radius 2 is 1.71 bits per heavy atom. The van der Waals surface area contributed by atoms with Gasteiger partial charge in [0.05, 0.1) is 17.7 Å². The minimum absolute atomic E-state index is 0.211. The number of aryl methyl sites for hydroxylation is 1. The molecule has 2 amide bonds. The van der Waals surface area contributed by atoms with Gasteiger partial charge in [-0.25, -0.2) is 0 Å². The van der Waals surface area contributed by atoms with Gasteiger partial charge in [-0.05, 0) is 55.2 Å². The molecule has 0 unspecified atom stereocenters. The van der Waals surface area contributed by atoms with Gasteiger partial charge in [-0.2, -0.15) is 0 Å². The molecule has 2 aromatic rings. The second kappa shape index (κ2) is 7.50. The predicted molar refractivity (Wildman–Crippen MR) is 108 cm³/mol. The first-order valence-electron chi connectivity index (χ1n) is 9.65. The number of nitrogens with zero attached hydrogens (tertiary/aromatic N) is 2. The molecule has 2 aliphatic rings. The zero-order chi connectivity index (χ0) is 19.7. The highest BCUT2D eigenvalue weighted by molar-refractivity contribution is 6.21. The van der Waals surface area contributed by atoms with Crippen LogP contribution in [-0.2, 0) is 6.42 Å². The van der Waals surface area contributed by atoms with Crippen LogP contribution >= 0.6 is 0 Å². The molecule has 144 valence electrons. The number of hydrogen-bond donors (Lipinski definition) is 0. The van der Waals surface area contributed by atoms with Crippen molar-refractivity contribution in [2.75, 3.05) is 27.2 Å². The molecule has 0 spiro atoms. The van der Waals surface area contributed by atoms with Crippen molar-refractivity contribution in [2.45, 2.75) is 19.3 Å². The van der Waals surface area contributed by atoms with Crippen LogP contribution < -0.4 is 4.74 Å². The highest BCUT2D eigenvalue weighted by Crippen LogP contribution is 2.30. The van der Waals surface area contributed by atoms with E-state index >= 15 is 0 Å². The Hall–Kier alpha value is -3.08. The fourth-order valence-electron chi connectivity index (χ4n) is 3.87. The molecule has 1 aliphatic carbocycles. The number of benzene rings is 2. The SMILES string of the molecule is CN(C)C1=CCCc2cc(OCCCN3C(=O)c4ccccc4C3=O)ccc21. The lowest BCUT2D eigenvalue weighted by molar-refractivity contribution is 0.0647. The first kappa shape index (κ1) is 18.3. The molecule has 4 rings (SSSR count). The third-order valence-electron chi connectivity index (χ3n) is 5.26. The molecule has 0 aromatic heterocycles. The normalized spacial score (nSPS) is 15.2. The van der Waals surface area contributed by atoms with Crippen molar-refractivity contribution in [3.05, 3.63) is 70.8 Å². The highest BCUT2D eigenvalue weighted by atomic mass is 16.5. The lowest BCUT2D eigenvalue weighted by Crippen LogP contribution is -2.31. The van der Waals surface area contributed by atoms with Crippen LogP contribution in [-0.4, -0.2) is 48.9 Å². The average molecular weight is 376 g/mol. The monoisotopic (exact) mass is 376 g/mol. The number of carbonyl (C=O) groups excluding carboxylic acids is 2. The predicted octanol–water partition coefficient (Wildman–Crippen LogP) is 3.60. The van der Waals surface area contributed by atoms with Gasteiger partial charge < -0.3 is 9.64 Å². The number of allylic oxidation sites excluding steroid dienone is 1. The van der Waals surface area contributed by atoms with Gasteiger partial charge in [0, 0.05) is 31.9 Å². The van der Waals surface area contributed by atoms with E-state index < -0.39 is 0 Å². The number of rotatable bonds is 6. The molecule has 0 saturated carbocycles. The first-order valence-corrected chi connectivity index (χ1v) is 9.65. The summed E-state index contributed by atoms with van der Waals surface area (Å²) in [7, 11) is 4.12. The standard InChI is InChI=1S/C23H24N2O3/c1-24(2)21-10-5-7-16-15-17(11-12-18(16)21)28-14-6-13-25-22(26)19-8-3-4-9-20(19)23(25)27/h3-4,8-12,15H,5-7,13-14H2,1-2H3. The Morgan fingerprint density at radius 3 is 2.39 bits per heavy atom. The lowest BCUT2D eigenvalue weighted by Gasteiger charge is -2.24. The summed E-state index contributed by atoms with van der Waals surface area (Å²) in [4.78, 5) is 28.2. The minimum atomic E-state index is -0.211. The van der Waals surface area contributed by atoms with E-state index in [2.05, 4.69) is 37.2 Å². The van der Waals surface area contributed by atoms with Gasteiger partial charge in [-0.1, -0.05) is 18.2 Å². The second-order valence-corrected chi connectivity index (χ2v) is 7.35. The zero-order valence-corrected chi connectivity index (χ0v) is 16.3. The quantitative estimate of drug-likeness (QED) is 0.571. The Balaban J connectivity index is 1.34. The molecule has 5 heteroatoms. The molecule has 1 aliphatic heterocycles. The highest BCUT2D eigenvalue weighted by Gasteiger charge is 2.34. The lowest BCUT2D eigenvalue weighted by atomic mass is 9.94. The third kappa shape index (κ3) is 3.28. The molecule has 1 heterocycles. The van der Waals surface area contributed by atoms with E-state index in [1.807, 2.05) is 6.07 Å². The fourth-order valence-corrected chi connectivity index (χ4v) is 3.87. The second-order valence-electron chi connectivity index (χ2n) is 7.35. The largest absolute Gasteiger partial charge is 0.494 e. The van der Waals surface area contributed by atoms with Crippen LogP contribution in [0.3, 0.4) is 0 Å². The van der Waals surface area contributed by atoms with Crippen LogP contribution in [0.4, 0.5) is 0 Å². The molecule has 0 atom stereocenters. The topological polar surface area (TPSA) is 49.9 Å². The van der Waals surface area contributed by atoms with E-state index in [0.29, 0.717) is 30.7 Å². The smallest absolute Gasteiger partial charge is 0.261 e. The third-order valence-corrected chi connectivity index (χ3v) is 5.26. The Bertz CT molecular complexity index is 927. The first-order chi connectivity index (χ1) is 13.6. The Morgan fingerprint density at radius 1 is 1.00 bits per heavy atom. The minimum Gasteiger partial charge on any atom is -0.494 e. The summed E-state index contributed by atoms with van der Waals surface area (Å²) < 4.78 is 5.89. The molecule has 28 heavy (non-hydrogen) atoms. The van der Waals surface area contributed by atoms with Crippen LogP contribution in [0.15, 0.2) is 48.5 Å². The van der Waals surface area contributed by atoms with E-state index in [0.717, 1.165) is 18.6 Å². The number of fused-ring (bicyclic) bond motifs is 2. The molecule has 0 bridgehead atoms. The number of amides is 2. The maximum absolute atomic E-state index is 12.4. The fraction of sp³-hybridized carbons (Fsp3) is 0.304. The van der Waals surface area contributed by atoms with Gasteiger partial charge in [0.15, 0.2) is 0 Å². The molecule has 0 radical (unpaired) electrons. The summed E-state index contributed by atoms with van der Waals surface area (Å²) >= 11 is 0. The summed E-state index contributed by atoms with van der Waals surface area (Å²) in [6.07, 6.45) is 4.92. The summed E-state index contributed by atoms with van der Waals surface area (Å²) in [5.41, 5.74) is 4.79. The number of carbonyl (C=O) groups is 2. The van der Waals surface area contributed by atoms with Crippen LogP contribution in [0.1, 0.15) is 44.7 Å². The van der Waals surface area contributed by atoms with E-state index in [1.54, 1.807) is 24.3 Å². The van der Waals surface area contributed by atoms with Gasteiger partial charge in [0.25, 0.3) is 11.8 Å². The maximum Gasteiger partial charge on any atom is 0.261 e. The van der Waals surface area contributed by atoms with Crippen molar-refractivity contribution in [3.63, 3.8) is 0 Å². The van der Waals surface area contributed by atoms with Crippen molar-refractivity contribution in [3.8, 4) is 5.75 Å². The maximum atomic E-state index is 12.4. The van der Waals surface area contributed by atoms with E-state index in [4.69, 9.17) is 4.74 Å². The Kier molecular flexibility index (Phi) is 4.90. The van der Waals surface area contributed by atoms with E-state index in [9.17, 15) is 9.59 Å². The van der Waals surface area contributed by atoms with Gasteiger partial charge in [-0.3, -0.25) is 14.5 Å². The van der Waals surface area contributed by atoms with E-state index in [1.165, 1.54) is 21.7 Å².